The van der Waals surface area contributed by atoms with Crippen molar-refractivity contribution in [3.8, 4) is 0 Å². The van der Waals surface area contributed by atoms with E-state index < -0.39 is 135 Å². The zero-order valence-corrected chi connectivity index (χ0v) is 25.6. The van der Waals surface area contributed by atoms with E-state index in [1.165, 1.54) is 0 Å². The van der Waals surface area contributed by atoms with Crippen molar-refractivity contribution in [2.24, 2.45) is 0 Å². The summed E-state index contributed by atoms with van der Waals surface area (Å²) in [5.41, 5.74) is -3.43. The molecule has 20 nitrogen and oxygen atoms in total. The van der Waals surface area contributed by atoms with Gasteiger partial charge in [0.25, 0.3) is 0 Å². The van der Waals surface area contributed by atoms with E-state index in [-0.39, 0.29) is 29.6 Å². The van der Waals surface area contributed by atoms with Crippen LogP contribution in [0.15, 0.2) is 0 Å². The number of hydrogen-bond donors (Lipinski definition) is 13. The third-order valence-electron chi connectivity index (χ3n) is 7.88. The number of aliphatic hydroxyl groups is 12. The second-order valence-electron chi connectivity index (χ2n) is 10.7. The fraction of sp³-hybridized carbons (Fsp3) is 0.913. The summed E-state index contributed by atoms with van der Waals surface area (Å²) in [6.07, 6.45) is -28.2. The molecule has 16 atom stereocenters. The Labute approximate surface area is 271 Å². The number of carboxylic acid groups (broad SMARTS) is 1. The van der Waals surface area contributed by atoms with Crippen molar-refractivity contribution >= 4 is 11.9 Å². The Kier molecular flexibility index (Phi) is 13.9. The van der Waals surface area contributed by atoms with Gasteiger partial charge in [0.2, 0.25) is 11.7 Å². The van der Waals surface area contributed by atoms with Crippen LogP contribution in [0.25, 0.3) is 0 Å². The van der Waals surface area contributed by atoms with Crippen LogP contribution in [0.3, 0.4) is 0 Å². The Hall–Kier alpha value is -0.700. The van der Waals surface area contributed by atoms with Gasteiger partial charge >= 0.3 is 29.6 Å². The molecule has 3 aliphatic heterocycles. The van der Waals surface area contributed by atoms with E-state index in [9.17, 15) is 76.0 Å². The van der Waals surface area contributed by atoms with Crippen molar-refractivity contribution < 1.29 is 124 Å². The molecule has 3 aliphatic rings. The number of carboxylic acids is 1. The minimum Gasteiger partial charge on any atom is -0.547 e. The van der Waals surface area contributed by atoms with Crippen LogP contribution in [0.4, 0.5) is 0 Å². The summed E-state index contributed by atoms with van der Waals surface area (Å²) in [5, 5.41) is 139. The van der Waals surface area contributed by atoms with E-state index >= 15 is 0 Å². The normalized spacial score (nSPS) is 45.9. The van der Waals surface area contributed by atoms with Gasteiger partial charge in [-0.05, 0) is 0 Å². The van der Waals surface area contributed by atoms with Crippen LogP contribution in [-0.4, -0.2) is 190 Å². The van der Waals surface area contributed by atoms with Crippen LogP contribution < -0.4 is 40.0 Å². The first-order chi connectivity index (χ1) is 20.0. The molecule has 0 spiro atoms. The first-order valence-electron chi connectivity index (χ1n) is 13.2. The molecule has 0 saturated carbocycles. The maximum absolute atomic E-state index is 12.6. The molecular formula is C23H38NNaO19. The summed E-state index contributed by atoms with van der Waals surface area (Å²) in [4.78, 5) is 24.3. The Morgan fingerprint density at radius 1 is 0.955 bits per heavy atom. The van der Waals surface area contributed by atoms with E-state index in [1.54, 1.807) is 0 Å². The number of amides is 1. The van der Waals surface area contributed by atoms with Crippen molar-refractivity contribution in [1.82, 2.24) is 5.32 Å². The van der Waals surface area contributed by atoms with E-state index in [2.05, 4.69) is 5.32 Å². The minimum absolute atomic E-state index is 0. The van der Waals surface area contributed by atoms with Crippen LogP contribution in [0.5, 0.6) is 0 Å². The number of ether oxygens (including phenoxy) is 4. The van der Waals surface area contributed by atoms with Crippen molar-refractivity contribution in [2.75, 3.05) is 19.8 Å². The second kappa shape index (κ2) is 15.5. The molecule has 0 aromatic rings. The Morgan fingerprint density at radius 3 is 2.05 bits per heavy atom. The van der Waals surface area contributed by atoms with Crippen molar-refractivity contribution in [2.45, 2.75) is 110 Å². The van der Waals surface area contributed by atoms with Crippen LogP contribution in [0.1, 0.15) is 13.3 Å². The van der Waals surface area contributed by atoms with Gasteiger partial charge < -0.3 is 95.4 Å². The Morgan fingerprint density at radius 2 is 1.55 bits per heavy atom. The van der Waals surface area contributed by atoms with Gasteiger partial charge in [-0.15, -0.1) is 0 Å². The first kappa shape index (κ1) is 39.5. The molecule has 0 aliphatic carbocycles. The van der Waals surface area contributed by atoms with Crippen molar-refractivity contribution in [3.05, 3.63) is 0 Å². The number of hydrogen-bond acceptors (Lipinski definition) is 19. The van der Waals surface area contributed by atoms with Gasteiger partial charge in [0, 0.05) is 13.3 Å². The summed E-state index contributed by atoms with van der Waals surface area (Å²) in [5.74, 6) is -6.87. The molecule has 3 rings (SSSR count). The Bertz CT molecular complexity index is 978. The molecule has 13 N–H and O–H groups in total. The van der Waals surface area contributed by atoms with Crippen LogP contribution >= 0.6 is 0 Å². The van der Waals surface area contributed by atoms with Crippen LogP contribution in [-0.2, 0) is 28.5 Å². The summed E-state index contributed by atoms with van der Waals surface area (Å²) in [6.45, 7) is -2.21. The molecular weight excluding hydrogens is 617 g/mol. The third kappa shape index (κ3) is 7.08. The second-order valence-corrected chi connectivity index (χ2v) is 10.7. The third-order valence-corrected chi connectivity index (χ3v) is 7.88. The maximum atomic E-state index is 12.6. The number of carbonyl (C=O) groups is 2. The van der Waals surface area contributed by atoms with Crippen LogP contribution in [0.2, 0.25) is 0 Å². The van der Waals surface area contributed by atoms with Crippen LogP contribution in [0, 0.1) is 0 Å². The molecule has 44 heavy (non-hydrogen) atoms. The molecule has 250 valence electrons. The van der Waals surface area contributed by atoms with E-state index in [4.69, 9.17) is 18.9 Å². The summed E-state index contributed by atoms with van der Waals surface area (Å²) >= 11 is 0. The molecule has 1 amide bonds. The average Bonchev–Trinajstić information content (AvgIpc) is 2.96. The number of aliphatic carboxylic acids is 1. The van der Waals surface area contributed by atoms with Gasteiger partial charge in [-0.1, -0.05) is 0 Å². The van der Waals surface area contributed by atoms with Gasteiger partial charge in [0.15, 0.2) is 11.9 Å². The largest absolute Gasteiger partial charge is 1.00 e. The maximum Gasteiger partial charge on any atom is 1.00 e. The van der Waals surface area contributed by atoms with Gasteiger partial charge in [-0.25, -0.2) is 0 Å². The fourth-order valence-corrected chi connectivity index (χ4v) is 5.50. The predicted octanol–water partition coefficient (Wildman–Crippen LogP) is -13.2. The van der Waals surface area contributed by atoms with Crippen molar-refractivity contribution in [1.29, 1.82) is 0 Å². The standard InChI is InChI=1S/C23H39NO19.Na/c1-6(28)24-11-7(29)2-22(21(37)38,43-18(11)12(31)8(30)3-25)23(39)19(36)16(35)17(10(5-27)42-23)41-20-15(34)14(33)13(32)9(4-26)40-20;/h7-20,25-27,29-36,39H,2-5H2,1H3,(H,24,28)(H,37,38);/q;+1/p-1/t7-,8+,9+,10+,11+,12+,13-,14-,15+,16-,17+,18+,19+,20-,22?,23?;/m0./s1. The Balaban J connectivity index is 0.00000675. The molecule has 0 radical (unpaired) electrons. The summed E-state index contributed by atoms with van der Waals surface area (Å²) in [6, 6.07) is -1.67. The summed E-state index contributed by atoms with van der Waals surface area (Å²) < 4.78 is 21.3. The topological polar surface area (TPSA) is 349 Å². The zero-order valence-electron chi connectivity index (χ0n) is 23.6. The molecule has 3 saturated heterocycles. The molecule has 0 bridgehead atoms. The van der Waals surface area contributed by atoms with Gasteiger partial charge in [-0.3, -0.25) is 4.79 Å². The SMILES string of the molecule is CC(=O)N[C@H]1[C@H]([C@H](O)[C@H](O)CO)OC(C(=O)[O-])(C2(O)O[C@H](CO)[C@@H](O[C@@H]3O[C@H](CO)[C@H](O)[C@H](O)[C@H]3O)[C@H](O)[C@H]2O)C[C@@H]1O.[Na+]. The summed E-state index contributed by atoms with van der Waals surface area (Å²) in [7, 11) is 0. The molecule has 2 unspecified atom stereocenters. The minimum atomic E-state index is -3.65. The fourth-order valence-electron chi connectivity index (χ4n) is 5.50. The smallest absolute Gasteiger partial charge is 0.547 e. The number of nitrogens with one attached hydrogen (secondary N) is 1. The number of rotatable bonds is 10. The van der Waals surface area contributed by atoms with E-state index in [0.29, 0.717) is 0 Å². The molecule has 21 heteroatoms. The van der Waals surface area contributed by atoms with Gasteiger partial charge in [0.1, 0.15) is 67.1 Å². The van der Waals surface area contributed by atoms with Crippen molar-refractivity contribution in [3.63, 3.8) is 0 Å². The quantitative estimate of drug-likeness (QED) is 0.0971. The first-order valence-corrected chi connectivity index (χ1v) is 13.2. The average molecular weight is 656 g/mol. The molecule has 3 fully saturated rings. The molecule has 0 aromatic heterocycles. The van der Waals surface area contributed by atoms with E-state index in [0.717, 1.165) is 6.92 Å². The van der Waals surface area contributed by atoms with Gasteiger partial charge in [0.05, 0.1) is 37.9 Å². The number of carbonyl (C=O) groups excluding carboxylic acids is 2. The molecule has 3 heterocycles. The van der Waals surface area contributed by atoms with Gasteiger partial charge in [-0.2, -0.15) is 0 Å². The zero-order chi connectivity index (χ0) is 32.6. The van der Waals surface area contributed by atoms with E-state index in [1.807, 2.05) is 0 Å². The predicted molar refractivity (Wildman–Crippen MR) is 128 cm³/mol. The molecule has 0 aromatic carbocycles. The number of aliphatic hydroxyl groups excluding tert-OH is 11. The monoisotopic (exact) mass is 655 g/mol.